The summed E-state index contributed by atoms with van der Waals surface area (Å²) in [5, 5.41) is 2.99. The summed E-state index contributed by atoms with van der Waals surface area (Å²) in [4.78, 5) is 11.0. The number of pyridine rings is 2. The second-order valence-corrected chi connectivity index (χ2v) is 4.89. The van der Waals surface area contributed by atoms with Gasteiger partial charge in [0.05, 0.1) is 17.1 Å². The summed E-state index contributed by atoms with van der Waals surface area (Å²) in [7, 11) is 1.85. The normalized spacial score (nSPS) is 11.5. The first-order valence-corrected chi connectivity index (χ1v) is 7.17. The average Bonchev–Trinajstić information content (AvgIpc) is 2.56. The van der Waals surface area contributed by atoms with E-state index in [-0.39, 0.29) is 0 Å². The molecule has 2 heterocycles. The van der Waals surface area contributed by atoms with Gasteiger partial charge in [-0.05, 0) is 24.3 Å². The van der Waals surface area contributed by atoms with Crippen LogP contribution in [0.3, 0.4) is 0 Å². The zero-order valence-corrected chi connectivity index (χ0v) is 12.7. The fourth-order valence-electron chi connectivity index (χ4n) is 2.16. The quantitative estimate of drug-likeness (QED) is 0.498. The number of nitrogens with two attached hydrogens (primary N) is 1. The Morgan fingerprint density at radius 3 is 2.09 bits per heavy atom. The minimum Gasteiger partial charge on any atom is -0.393 e. The maximum Gasteiger partial charge on any atom is 0.0556 e. The highest BCUT2D eigenvalue weighted by Gasteiger charge is 2.10. The fraction of sp³-hybridized carbons (Fsp3) is 0.250. The topological polar surface area (TPSA) is 79.1 Å². The van der Waals surface area contributed by atoms with Crippen LogP contribution < -0.4 is 16.6 Å². The Bertz CT molecular complexity index is 528. The van der Waals surface area contributed by atoms with Gasteiger partial charge in [0.1, 0.15) is 0 Å². The highest BCUT2D eigenvalue weighted by atomic mass is 15.3. The van der Waals surface area contributed by atoms with Crippen LogP contribution >= 0.6 is 0 Å². The highest BCUT2D eigenvalue weighted by molar-refractivity contribution is 5.08. The number of nitrogens with zero attached hydrogens (tertiary/aromatic N) is 3. The highest BCUT2D eigenvalue weighted by Crippen LogP contribution is 2.08. The molecule has 0 aliphatic heterocycles. The number of rotatable bonds is 8. The van der Waals surface area contributed by atoms with Gasteiger partial charge in [-0.15, -0.1) is 0 Å². The van der Waals surface area contributed by atoms with Crippen molar-refractivity contribution in [2.75, 3.05) is 13.6 Å². The summed E-state index contributed by atoms with van der Waals surface area (Å²) in [6.07, 6.45) is 5.46. The van der Waals surface area contributed by atoms with Crippen LogP contribution in [0.15, 0.2) is 60.7 Å². The van der Waals surface area contributed by atoms with Gasteiger partial charge in [0.2, 0.25) is 0 Å². The number of aromatic nitrogens is 2. The molecule has 0 aromatic carbocycles. The van der Waals surface area contributed by atoms with Crippen LogP contribution in [-0.4, -0.2) is 28.5 Å². The van der Waals surface area contributed by atoms with Gasteiger partial charge >= 0.3 is 0 Å². The van der Waals surface area contributed by atoms with E-state index in [9.17, 15) is 0 Å². The van der Waals surface area contributed by atoms with Crippen LogP contribution in [0.25, 0.3) is 0 Å². The first-order chi connectivity index (χ1) is 10.8. The maximum absolute atomic E-state index is 5.58. The third-order valence-electron chi connectivity index (χ3n) is 3.12. The number of hydrogen-bond donors (Lipinski definition) is 3. The van der Waals surface area contributed by atoms with E-state index < -0.39 is 0 Å². The van der Waals surface area contributed by atoms with Crippen molar-refractivity contribution < 1.29 is 0 Å². The Hall–Kier alpha value is -2.44. The molecule has 0 spiro atoms. The average molecular weight is 298 g/mol. The molecule has 2 aromatic rings. The van der Waals surface area contributed by atoms with E-state index in [1.165, 1.54) is 0 Å². The Morgan fingerprint density at radius 2 is 1.68 bits per heavy atom. The fourth-order valence-corrected chi connectivity index (χ4v) is 2.16. The number of hydrazine groups is 1. The summed E-state index contributed by atoms with van der Waals surface area (Å²) in [5.41, 5.74) is 5.65. The van der Waals surface area contributed by atoms with Crippen LogP contribution in [0.5, 0.6) is 0 Å². The van der Waals surface area contributed by atoms with Crippen molar-refractivity contribution in [3.05, 3.63) is 72.1 Å². The van der Waals surface area contributed by atoms with Gasteiger partial charge in [0, 0.05) is 45.3 Å². The lowest BCUT2D eigenvalue weighted by atomic mass is 10.2. The third-order valence-corrected chi connectivity index (χ3v) is 3.12. The Kier molecular flexibility index (Phi) is 6.35. The largest absolute Gasteiger partial charge is 0.393 e. The van der Waals surface area contributed by atoms with Gasteiger partial charge in [0.15, 0.2) is 0 Å². The summed E-state index contributed by atoms with van der Waals surface area (Å²) in [6, 6.07) is 11.9. The Balaban J connectivity index is 2.11. The zero-order chi connectivity index (χ0) is 15.6. The molecule has 22 heavy (non-hydrogen) atoms. The van der Waals surface area contributed by atoms with Crippen LogP contribution in [-0.2, 0) is 13.1 Å². The Labute approximate surface area is 131 Å². The molecule has 0 aliphatic carbocycles. The van der Waals surface area contributed by atoms with Crippen LogP contribution in [0, 0.1) is 0 Å². The molecule has 4 N–H and O–H groups in total. The van der Waals surface area contributed by atoms with Crippen molar-refractivity contribution >= 4 is 0 Å². The van der Waals surface area contributed by atoms with E-state index in [4.69, 9.17) is 5.84 Å². The molecule has 116 valence electrons. The second kappa shape index (κ2) is 8.76. The molecule has 0 bridgehead atoms. The molecule has 0 atom stereocenters. The number of nitrogens with one attached hydrogen (secondary N) is 2. The third kappa shape index (κ3) is 5.16. The smallest absolute Gasteiger partial charge is 0.0556 e. The van der Waals surface area contributed by atoms with Gasteiger partial charge in [-0.3, -0.25) is 20.7 Å². The molecule has 0 saturated heterocycles. The molecule has 6 heteroatoms. The number of hydrogen-bond acceptors (Lipinski definition) is 6. The molecule has 0 amide bonds. The van der Waals surface area contributed by atoms with Gasteiger partial charge in [-0.1, -0.05) is 12.1 Å². The van der Waals surface area contributed by atoms with Crippen LogP contribution in [0.1, 0.15) is 11.4 Å². The summed E-state index contributed by atoms with van der Waals surface area (Å²) >= 11 is 0. The van der Waals surface area contributed by atoms with Crippen LogP contribution in [0.2, 0.25) is 0 Å². The van der Waals surface area contributed by atoms with Gasteiger partial charge in [-0.2, -0.15) is 0 Å². The van der Waals surface area contributed by atoms with Crippen LogP contribution in [0.4, 0.5) is 0 Å². The Morgan fingerprint density at radius 1 is 1.09 bits per heavy atom. The molecule has 0 fully saturated rings. The van der Waals surface area contributed by atoms with Crippen molar-refractivity contribution in [1.29, 1.82) is 0 Å². The minimum atomic E-state index is 0.671. The lowest BCUT2D eigenvalue weighted by Crippen LogP contribution is -2.34. The van der Waals surface area contributed by atoms with Crippen molar-refractivity contribution in [3.63, 3.8) is 0 Å². The molecule has 6 nitrogen and oxygen atoms in total. The minimum absolute atomic E-state index is 0.671. The monoisotopic (exact) mass is 298 g/mol. The van der Waals surface area contributed by atoms with Gasteiger partial charge < -0.3 is 10.7 Å². The molecule has 0 radical (unpaired) electrons. The van der Waals surface area contributed by atoms with Crippen molar-refractivity contribution in [2.45, 2.75) is 13.1 Å². The second-order valence-electron chi connectivity index (χ2n) is 4.89. The van der Waals surface area contributed by atoms with Crippen molar-refractivity contribution in [1.82, 2.24) is 25.6 Å². The molecule has 2 aromatic heterocycles. The molecule has 0 aliphatic rings. The van der Waals surface area contributed by atoms with E-state index in [2.05, 4.69) is 25.6 Å². The first kappa shape index (κ1) is 15.9. The molecule has 0 unspecified atom stereocenters. The summed E-state index contributed by atoms with van der Waals surface area (Å²) < 4.78 is 0. The summed E-state index contributed by atoms with van der Waals surface area (Å²) in [6.45, 7) is 2.12. The van der Waals surface area contributed by atoms with E-state index in [0.717, 1.165) is 30.2 Å². The maximum atomic E-state index is 5.58. The molecule has 0 saturated carbocycles. The predicted octanol–water partition coefficient (Wildman–Crippen LogP) is 1.00. The van der Waals surface area contributed by atoms with E-state index in [1.807, 2.05) is 49.6 Å². The lowest BCUT2D eigenvalue weighted by Gasteiger charge is -2.23. The molecular formula is C16H22N6. The van der Waals surface area contributed by atoms with Gasteiger partial charge in [-0.25, -0.2) is 0 Å². The molecular weight excluding hydrogens is 276 g/mol. The predicted molar refractivity (Wildman–Crippen MR) is 87.1 cm³/mol. The zero-order valence-electron chi connectivity index (χ0n) is 12.7. The van der Waals surface area contributed by atoms with Gasteiger partial charge in [0.25, 0.3) is 0 Å². The van der Waals surface area contributed by atoms with E-state index in [1.54, 1.807) is 12.4 Å². The molecule has 2 rings (SSSR count). The first-order valence-electron chi connectivity index (χ1n) is 7.17. The SMILES string of the molecule is CN/C=C(/CN(Cc1ccccn1)Cc1ccccn1)NN. The van der Waals surface area contributed by atoms with E-state index in [0.29, 0.717) is 6.54 Å². The van der Waals surface area contributed by atoms with Crippen molar-refractivity contribution in [2.24, 2.45) is 5.84 Å². The van der Waals surface area contributed by atoms with Crippen molar-refractivity contribution in [3.8, 4) is 0 Å². The van der Waals surface area contributed by atoms with E-state index >= 15 is 0 Å². The lowest BCUT2D eigenvalue weighted by molar-refractivity contribution is 0.267. The standard InChI is InChI=1S/C16H22N6/c1-18-10-16(21-17)13-22(11-14-6-2-4-8-19-14)12-15-7-3-5-9-20-15/h2-10,18,21H,11-13,17H2,1H3/b16-10-. The summed E-state index contributed by atoms with van der Waals surface area (Å²) in [5.74, 6) is 5.58.